The fourth-order valence-electron chi connectivity index (χ4n) is 3.01. The number of H-pyrrole nitrogens is 1. The molecule has 2 N–H and O–H groups in total. The van der Waals surface area contributed by atoms with Crippen LogP contribution in [0.2, 0.25) is 0 Å². The highest BCUT2D eigenvalue weighted by Crippen LogP contribution is 2.25. The molecule has 0 saturated heterocycles. The van der Waals surface area contributed by atoms with Gasteiger partial charge in [0.2, 0.25) is 5.91 Å². The first-order valence-electron chi connectivity index (χ1n) is 9.22. The second-order valence-electron chi connectivity index (χ2n) is 6.51. The summed E-state index contributed by atoms with van der Waals surface area (Å²) in [4.78, 5) is 27.2. The predicted octanol–water partition coefficient (Wildman–Crippen LogP) is 2.97. The van der Waals surface area contributed by atoms with Gasteiger partial charge in [0, 0.05) is 17.5 Å². The Balaban J connectivity index is 1.55. The van der Waals surface area contributed by atoms with E-state index in [9.17, 15) is 9.59 Å². The van der Waals surface area contributed by atoms with Crippen LogP contribution in [0, 0.1) is 6.92 Å². The van der Waals surface area contributed by atoms with E-state index in [2.05, 4.69) is 10.3 Å². The molecule has 1 amide bonds. The maximum atomic E-state index is 12.4. The summed E-state index contributed by atoms with van der Waals surface area (Å²) in [5.41, 5.74) is 2.21. The maximum absolute atomic E-state index is 12.4. The Morgan fingerprint density at radius 3 is 2.68 bits per heavy atom. The smallest absolute Gasteiger partial charge is 0.251 e. The molecule has 0 unspecified atom stereocenters. The van der Waals surface area contributed by atoms with E-state index >= 15 is 0 Å². The molecule has 2 aromatic carbocycles. The number of ether oxygens (including phenoxy) is 2. The number of hydrogen-bond acceptors (Lipinski definition) is 4. The van der Waals surface area contributed by atoms with Crippen molar-refractivity contribution in [3.05, 3.63) is 70.0 Å². The van der Waals surface area contributed by atoms with Crippen LogP contribution >= 0.6 is 0 Å². The molecule has 0 atom stereocenters. The van der Waals surface area contributed by atoms with E-state index in [1.165, 1.54) is 0 Å². The van der Waals surface area contributed by atoms with Crippen LogP contribution in [-0.2, 0) is 11.2 Å². The van der Waals surface area contributed by atoms with Gasteiger partial charge in [-0.3, -0.25) is 9.59 Å². The van der Waals surface area contributed by atoms with Gasteiger partial charge in [0.05, 0.1) is 25.7 Å². The number of para-hydroxylation sites is 1. The number of pyridine rings is 1. The summed E-state index contributed by atoms with van der Waals surface area (Å²) in [6.45, 7) is 2.69. The minimum Gasteiger partial charge on any atom is -0.495 e. The molecule has 146 valence electrons. The van der Waals surface area contributed by atoms with Crippen LogP contribution in [-0.4, -0.2) is 31.2 Å². The average Bonchev–Trinajstić information content (AvgIpc) is 2.70. The Labute approximate surface area is 163 Å². The van der Waals surface area contributed by atoms with Crippen molar-refractivity contribution in [2.24, 2.45) is 0 Å². The van der Waals surface area contributed by atoms with E-state index in [0.717, 1.165) is 16.7 Å². The van der Waals surface area contributed by atoms with Gasteiger partial charge >= 0.3 is 0 Å². The van der Waals surface area contributed by atoms with Gasteiger partial charge in [-0.05, 0) is 43.2 Å². The molecule has 6 heteroatoms. The Morgan fingerprint density at radius 1 is 1.14 bits per heavy atom. The number of aromatic amines is 1. The summed E-state index contributed by atoms with van der Waals surface area (Å²) >= 11 is 0. The summed E-state index contributed by atoms with van der Waals surface area (Å²) in [7, 11) is 1.58. The first kappa shape index (κ1) is 19.5. The third kappa shape index (κ3) is 4.71. The van der Waals surface area contributed by atoms with Gasteiger partial charge < -0.3 is 19.8 Å². The number of hydrogen-bond donors (Lipinski definition) is 2. The van der Waals surface area contributed by atoms with Crippen molar-refractivity contribution in [2.45, 2.75) is 19.8 Å². The molecule has 28 heavy (non-hydrogen) atoms. The summed E-state index contributed by atoms with van der Waals surface area (Å²) < 4.78 is 10.8. The summed E-state index contributed by atoms with van der Waals surface area (Å²) in [5.74, 6) is 1.27. The van der Waals surface area contributed by atoms with Crippen molar-refractivity contribution in [2.75, 3.05) is 20.3 Å². The molecule has 0 aliphatic carbocycles. The Morgan fingerprint density at radius 2 is 1.93 bits per heavy atom. The number of benzene rings is 2. The number of aromatic nitrogens is 1. The minimum absolute atomic E-state index is 0.106. The number of fused-ring (bicyclic) bond motifs is 1. The highest BCUT2D eigenvalue weighted by molar-refractivity contribution is 5.87. The average molecular weight is 380 g/mol. The van der Waals surface area contributed by atoms with E-state index in [-0.39, 0.29) is 17.9 Å². The van der Waals surface area contributed by atoms with Crippen LogP contribution in [0.25, 0.3) is 10.9 Å². The predicted molar refractivity (Wildman–Crippen MR) is 109 cm³/mol. The monoisotopic (exact) mass is 380 g/mol. The second-order valence-corrected chi connectivity index (χ2v) is 6.51. The minimum atomic E-state index is -0.168. The molecule has 3 rings (SSSR count). The van der Waals surface area contributed by atoms with Crippen molar-refractivity contribution >= 4 is 16.8 Å². The van der Waals surface area contributed by atoms with Crippen LogP contribution in [0.1, 0.15) is 17.5 Å². The molecule has 1 heterocycles. The molecule has 3 aromatic rings. The zero-order chi connectivity index (χ0) is 19.9. The Bertz CT molecular complexity index is 1010. The lowest BCUT2D eigenvalue weighted by atomic mass is 10.1. The van der Waals surface area contributed by atoms with E-state index < -0.39 is 0 Å². The highest BCUT2D eigenvalue weighted by Gasteiger charge is 2.10. The number of carbonyl (C=O) groups is 1. The first-order chi connectivity index (χ1) is 13.6. The van der Waals surface area contributed by atoms with Crippen molar-refractivity contribution in [3.63, 3.8) is 0 Å². The molecule has 0 fully saturated rings. The molecular formula is C22H24N2O4. The largest absolute Gasteiger partial charge is 0.495 e. The third-order valence-electron chi connectivity index (χ3n) is 4.55. The summed E-state index contributed by atoms with van der Waals surface area (Å²) in [6, 6.07) is 15.0. The number of amides is 1. The standard InChI is InChI=1S/C22H24N2O4/c1-15-8-9-19(27-2)21-18(15)14-16(22(26)24-21)10-12-23-20(25)11-13-28-17-6-4-3-5-7-17/h3-9,14H,10-13H2,1-2H3,(H,23,25)(H,24,26). The fraction of sp³-hybridized carbons (Fsp3) is 0.273. The molecule has 0 aliphatic rings. The van der Waals surface area contributed by atoms with Crippen molar-refractivity contribution in [1.82, 2.24) is 10.3 Å². The van der Waals surface area contributed by atoms with Crippen LogP contribution < -0.4 is 20.3 Å². The fourth-order valence-corrected chi connectivity index (χ4v) is 3.01. The number of nitrogens with one attached hydrogen (secondary N) is 2. The van der Waals surface area contributed by atoms with E-state index in [4.69, 9.17) is 9.47 Å². The van der Waals surface area contributed by atoms with E-state index in [0.29, 0.717) is 36.4 Å². The van der Waals surface area contributed by atoms with Gasteiger partial charge in [-0.2, -0.15) is 0 Å². The zero-order valence-corrected chi connectivity index (χ0v) is 16.1. The summed E-state index contributed by atoms with van der Waals surface area (Å²) in [6.07, 6.45) is 0.715. The molecule has 1 aromatic heterocycles. The number of aryl methyl sites for hydroxylation is 1. The molecule has 0 aliphatic heterocycles. The molecule has 0 radical (unpaired) electrons. The van der Waals surface area contributed by atoms with Gasteiger partial charge in [0.25, 0.3) is 5.56 Å². The molecule has 6 nitrogen and oxygen atoms in total. The van der Waals surface area contributed by atoms with Crippen molar-refractivity contribution < 1.29 is 14.3 Å². The Kier molecular flexibility index (Phi) is 6.32. The van der Waals surface area contributed by atoms with Crippen molar-refractivity contribution in [1.29, 1.82) is 0 Å². The van der Waals surface area contributed by atoms with Gasteiger partial charge in [0.1, 0.15) is 11.5 Å². The van der Waals surface area contributed by atoms with E-state index in [1.807, 2.05) is 55.5 Å². The third-order valence-corrected chi connectivity index (χ3v) is 4.55. The van der Waals surface area contributed by atoms with Crippen LogP contribution in [0.15, 0.2) is 53.3 Å². The first-order valence-corrected chi connectivity index (χ1v) is 9.22. The number of rotatable bonds is 8. The quantitative estimate of drug-likeness (QED) is 0.630. The van der Waals surface area contributed by atoms with Crippen molar-refractivity contribution in [3.8, 4) is 11.5 Å². The lowest BCUT2D eigenvalue weighted by Gasteiger charge is -2.10. The Hall–Kier alpha value is -3.28. The van der Waals surface area contributed by atoms with Gasteiger partial charge in [-0.15, -0.1) is 0 Å². The van der Waals surface area contributed by atoms with Gasteiger partial charge in [0.15, 0.2) is 0 Å². The number of methoxy groups -OCH3 is 1. The normalized spacial score (nSPS) is 10.6. The molecular weight excluding hydrogens is 356 g/mol. The molecule has 0 saturated carbocycles. The van der Waals surface area contributed by atoms with E-state index in [1.54, 1.807) is 7.11 Å². The maximum Gasteiger partial charge on any atom is 0.251 e. The molecule has 0 spiro atoms. The van der Waals surface area contributed by atoms with Crippen LogP contribution in [0.3, 0.4) is 0 Å². The lowest BCUT2D eigenvalue weighted by Crippen LogP contribution is -2.28. The second kappa shape index (κ2) is 9.08. The van der Waals surface area contributed by atoms with Crippen LogP contribution in [0.5, 0.6) is 11.5 Å². The highest BCUT2D eigenvalue weighted by atomic mass is 16.5. The van der Waals surface area contributed by atoms with Gasteiger partial charge in [-0.1, -0.05) is 24.3 Å². The number of carbonyl (C=O) groups excluding carboxylic acids is 1. The molecule has 0 bridgehead atoms. The topological polar surface area (TPSA) is 80.4 Å². The van der Waals surface area contributed by atoms with Crippen LogP contribution in [0.4, 0.5) is 0 Å². The zero-order valence-electron chi connectivity index (χ0n) is 16.1. The van der Waals surface area contributed by atoms with Gasteiger partial charge in [-0.25, -0.2) is 0 Å². The summed E-state index contributed by atoms with van der Waals surface area (Å²) in [5, 5.41) is 3.77. The lowest BCUT2D eigenvalue weighted by molar-refractivity contribution is -0.121. The SMILES string of the molecule is COc1ccc(C)c2cc(CCNC(=O)CCOc3ccccc3)c(=O)[nH]c12.